The monoisotopic (exact) mass is 539 g/mol. The molecule has 0 saturated carbocycles. The third-order valence-corrected chi connectivity index (χ3v) is 5.53. The molecule has 37 heavy (non-hydrogen) atoms. The molecule has 2 heterocycles. The average Bonchev–Trinajstić information content (AvgIpc) is 3.55. The van der Waals surface area contributed by atoms with Crippen molar-refractivity contribution in [1.82, 2.24) is 14.8 Å². The molecule has 0 aliphatic rings. The number of benzene rings is 1. The Kier molecular flexibility index (Phi) is 13.1. The van der Waals surface area contributed by atoms with Gasteiger partial charge in [0.1, 0.15) is 11.9 Å². The third kappa shape index (κ3) is 9.68. The minimum Gasteiger partial charge on any atom is -0.402 e. The molecule has 0 aliphatic heterocycles. The van der Waals surface area contributed by atoms with Crippen molar-refractivity contribution in [3.63, 3.8) is 0 Å². The second-order valence-electron chi connectivity index (χ2n) is 7.17. The van der Waals surface area contributed by atoms with E-state index in [1.165, 1.54) is 6.07 Å². The first-order valence-corrected chi connectivity index (χ1v) is 12.9. The highest BCUT2D eigenvalue weighted by atomic mass is 32.1. The van der Waals surface area contributed by atoms with E-state index >= 15 is 0 Å². The summed E-state index contributed by atoms with van der Waals surface area (Å²) < 4.78 is 53.5. The molecule has 201 valence electrons. The van der Waals surface area contributed by atoms with Crippen LogP contribution in [0.1, 0.15) is 57.0 Å². The van der Waals surface area contributed by atoms with Crippen molar-refractivity contribution in [3.05, 3.63) is 59.0 Å². The Morgan fingerprint density at radius 3 is 2.41 bits per heavy atom. The van der Waals surface area contributed by atoms with Gasteiger partial charge < -0.3 is 15.1 Å². The lowest BCUT2D eigenvalue weighted by atomic mass is 10.0. The molecule has 0 spiro atoms. The normalized spacial score (nSPS) is 11.3. The van der Waals surface area contributed by atoms with Crippen LogP contribution in [0.3, 0.4) is 0 Å². The summed E-state index contributed by atoms with van der Waals surface area (Å²) in [5.74, 6) is -1.83. The molecule has 1 aromatic carbocycles. The van der Waals surface area contributed by atoms with E-state index in [0.717, 1.165) is 23.5 Å². The molecule has 0 aliphatic carbocycles. The van der Waals surface area contributed by atoms with Crippen molar-refractivity contribution >= 4 is 35.7 Å². The molecule has 2 amide bonds. The lowest BCUT2D eigenvalue weighted by Crippen LogP contribution is -2.43. The summed E-state index contributed by atoms with van der Waals surface area (Å²) in [5.41, 5.74) is 0.515. The second kappa shape index (κ2) is 15.2. The number of anilines is 1. The lowest BCUT2D eigenvalue weighted by molar-refractivity contribution is -0.127. The van der Waals surface area contributed by atoms with Crippen LogP contribution in [0.2, 0.25) is 6.82 Å². The number of rotatable bonds is 8. The Morgan fingerprint density at radius 1 is 1.16 bits per heavy atom. The van der Waals surface area contributed by atoms with E-state index in [2.05, 4.69) is 15.6 Å². The number of amides is 2. The zero-order valence-electron chi connectivity index (χ0n) is 21.7. The second-order valence-corrected chi connectivity index (χ2v) is 8.02. The lowest BCUT2D eigenvalue weighted by Gasteiger charge is -2.15. The molecule has 2 aromatic heterocycles. The van der Waals surface area contributed by atoms with Crippen molar-refractivity contribution in [2.75, 3.05) is 5.32 Å². The minimum absolute atomic E-state index is 0.205. The number of aromatic nitrogens is 2. The van der Waals surface area contributed by atoms with Crippen molar-refractivity contribution in [3.8, 4) is 11.3 Å². The molecule has 0 fully saturated rings. The maximum Gasteiger partial charge on any atom is 0.393 e. The molecular formula is C25H32BF4N4O2S. The number of nitrogens with zero attached hydrogens (tertiary/aromatic N) is 2. The van der Waals surface area contributed by atoms with Crippen molar-refractivity contribution < 1.29 is 27.2 Å². The molecule has 0 bridgehead atoms. The molecule has 1 radical (unpaired) electrons. The highest BCUT2D eigenvalue weighted by Crippen LogP contribution is 2.29. The first-order valence-electron chi connectivity index (χ1n) is 12.0. The van der Waals surface area contributed by atoms with Gasteiger partial charge in [-0.25, -0.2) is 9.37 Å². The molecule has 1 unspecified atom stereocenters. The van der Waals surface area contributed by atoms with Gasteiger partial charge >= 0.3 is 6.18 Å². The summed E-state index contributed by atoms with van der Waals surface area (Å²) in [6.45, 7) is 11.6. The van der Waals surface area contributed by atoms with Crippen LogP contribution in [0.25, 0.3) is 11.3 Å². The van der Waals surface area contributed by atoms with Crippen LogP contribution in [0.5, 0.6) is 0 Å². The minimum atomic E-state index is -4.54. The topological polar surface area (TPSA) is 76.0 Å². The van der Waals surface area contributed by atoms with Crippen LogP contribution in [-0.2, 0) is 11.2 Å². The SMILES string of the molecule is CC.CC.C[B]n1ccc(C(=O)NC(CC)C(=O)Nc2nc(-c3ccc(F)c(CC(F)(F)F)c3)cs2)c1. The fraction of sp³-hybridized carbons (Fsp3) is 0.400. The van der Waals surface area contributed by atoms with Crippen LogP contribution < -0.4 is 10.6 Å². The van der Waals surface area contributed by atoms with Gasteiger partial charge in [-0.05, 0) is 42.4 Å². The number of hydrogen-bond donors (Lipinski definition) is 2. The zero-order chi connectivity index (χ0) is 28.2. The summed E-state index contributed by atoms with van der Waals surface area (Å²) in [6, 6.07) is 4.19. The number of alkyl halides is 3. The van der Waals surface area contributed by atoms with E-state index in [4.69, 9.17) is 0 Å². The van der Waals surface area contributed by atoms with E-state index in [0.29, 0.717) is 23.2 Å². The average molecular weight is 539 g/mol. The van der Waals surface area contributed by atoms with E-state index in [1.807, 2.05) is 34.5 Å². The summed E-state index contributed by atoms with van der Waals surface area (Å²) in [6.07, 6.45) is -2.27. The van der Waals surface area contributed by atoms with Crippen molar-refractivity contribution in [2.24, 2.45) is 0 Å². The maximum absolute atomic E-state index is 13.8. The Hall–Kier alpha value is -3.15. The third-order valence-electron chi connectivity index (χ3n) is 4.77. The number of carbonyl (C=O) groups excluding carboxylic acids is 2. The molecule has 3 aromatic rings. The van der Waals surface area contributed by atoms with Crippen LogP contribution in [-0.4, -0.2) is 40.9 Å². The Morgan fingerprint density at radius 2 is 1.84 bits per heavy atom. The number of hydrogen-bond acceptors (Lipinski definition) is 4. The van der Waals surface area contributed by atoms with Crippen molar-refractivity contribution in [2.45, 2.75) is 66.5 Å². The highest BCUT2D eigenvalue weighted by Gasteiger charge is 2.29. The van der Waals surface area contributed by atoms with Gasteiger partial charge in [-0.3, -0.25) is 9.59 Å². The summed E-state index contributed by atoms with van der Waals surface area (Å²) in [5, 5.41) is 7.02. The quantitative estimate of drug-likeness (QED) is 0.251. The molecule has 12 heteroatoms. The number of carbonyl (C=O) groups is 2. The predicted octanol–water partition coefficient (Wildman–Crippen LogP) is 6.57. The molecule has 0 saturated heterocycles. The van der Waals surface area contributed by atoms with E-state index in [-0.39, 0.29) is 5.13 Å². The Balaban J connectivity index is 0.00000163. The van der Waals surface area contributed by atoms with Gasteiger partial charge in [0, 0.05) is 17.1 Å². The molecule has 1 atom stereocenters. The first-order chi connectivity index (χ1) is 17.6. The number of thiazole rings is 1. The molecule has 2 N–H and O–H groups in total. The molecule has 3 rings (SSSR count). The van der Waals surface area contributed by atoms with Gasteiger partial charge in [-0.15, -0.1) is 11.3 Å². The maximum atomic E-state index is 13.8. The van der Waals surface area contributed by atoms with Gasteiger partial charge in [0.15, 0.2) is 5.13 Å². The first kappa shape index (κ1) is 31.9. The summed E-state index contributed by atoms with van der Waals surface area (Å²) in [4.78, 5) is 29.3. The van der Waals surface area contributed by atoms with Gasteiger partial charge in [-0.1, -0.05) is 41.4 Å². The fourth-order valence-corrected chi connectivity index (χ4v) is 3.77. The summed E-state index contributed by atoms with van der Waals surface area (Å²) >= 11 is 1.07. The van der Waals surface area contributed by atoms with E-state index in [9.17, 15) is 27.2 Å². The highest BCUT2D eigenvalue weighted by molar-refractivity contribution is 7.14. The van der Waals surface area contributed by atoms with Gasteiger partial charge in [0.05, 0.1) is 17.7 Å². The van der Waals surface area contributed by atoms with Gasteiger partial charge in [-0.2, -0.15) is 13.2 Å². The van der Waals surface area contributed by atoms with Crippen LogP contribution in [0, 0.1) is 5.82 Å². The number of halogens is 4. The van der Waals surface area contributed by atoms with Crippen molar-refractivity contribution in [1.29, 1.82) is 0 Å². The van der Waals surface area contributed by atoms with Crippen LogP contribution >= 0.6 is 11.3 Å². The van der Waals surface area contributed by atoms with Gasteiger partial charge in [0.25, 0.3) is 5.91 Å². The summed E-state index contributed by atoms with van der Waals surface area (Å²) in [7, 11) is 1.77. The smallest absolute Gasteiger partial charge is 0.393 e. The predicted molar refractivity (Wildman–Crippen MR) is 142 cm³/mol. The van der Waals surface area contributed by atoms with E-state index in [1.54, 1.807) is 42.7 Å². The Bertz CT molecular complexity index is 1150. The standard InChI is InChI=1S/C21H20BF4N4O2S.2C2H6/c1-3-16(27-18(31)13-6-7-30(10-13)22-2)19(32)29-20-28-17(11-33-20)12-4-5-15(23)14(8-12)9-21(24,25)26;2*1-2/h4-8,10-11,16H,3,9H2,1-2H3,(H,27,31)(H,28,29,32);2*1-2H3. The molecular weight excluding hydrogens is 507 g/mol. The van der Waals surface area contributed by atoms with E-state index < -0.39 is 41.8 Å². The zero-order valence-corrected chi connectivity index (χ0v) is 22.6. The van der Waals surface area contributed by atoms with Gasteiger partial charge in [0.2, 0.25) is 13.3 Å². The Labute approximate surface area is 219 Å². The number of nitrogens with one attached hydrogen (secondary N) is 2. The van der Waals surface area contributed by atoms with Crippen LogP contribution in [0.15, 0.2) is 42.0 Å². The largest absolute Gasteiger partial charge is 0.402 e. The fourth-order valence-electron chi connectivity index (χ4n) is 3.04. The van der Waals surface area contributed by atoms with Crippen LogP contribution in [0.4, 0.5) is 22.7 Å². The molecule has 6 nitrogen and oxygen atoms in total.